The van der Waals surface area contributed by atoms with Gasteiger partial charge in [-0.15, -0.1) is 0 Å². The maximum atomic E-state index is 2.81. The number of hydrogen-bond donors (Lipinski definition) is 0. The molecule has 2 unspecified atom stereocenters. The molecule has 2 heteroatoms. The van der Waals surface area contributed by atoms with Crippen molar-refractivity contribution >= 4 is 72.7 Å². The molecule has 248 valence electrons. The van der Waals surface area contributed by atoms with E-state index in [0.717, 1.165) is 0 Å². The quantitative estimate of drug-likeness (QED) is 0.120. The van der Waals surface area contributed by atoms with E-state index in [9.17, 15) is 0 Å². The molecule has 0 nitrogen and oxygen atoms in total. The molecule has 1 heterocycles. The van der Waals surface area contributed by atoms with Crippen molar-refractivity contribution < 1.29 is 20.0 Å². The van der Waals surface area contributed by atoms with E-state index < -0.39 is 28.0 Å². The van der Waals surface area contributed by atoms with Crippen molar-refractivity contribution in [1.29, 1.82) is 0 Å². The van der Waals surface area contributed by atoms with Gasteiger partial charge in [-0.3, -0.25) is 0 Å². The Morgan fingerprint density at radius 3 is 1.23 bits per heavy atom. The molecule has 0 radical (unpaired) electrons. The summed E-state index contributed by atoms with van der Waals surface area (Å²) < 4.78 is 6.51. The van der Waals surface area contributed by atoms with Gasteiger partial charge in [0, 0.05) is 0 Å². The predicted molar refractivity (Wildman–Crippen MR) is 224 cm³/mol. The first kappa shape index (κ1) is 30.9. The van der Waals surface area contributed by atoms with E-state index in [-0.39, 0.29) is 0 Å². The molecule has 0 fully saturated rings. The zero-order valence-electron chi connectivity index (χ0n) is 30.2. The molecule has 11 rings (SSSR count). The molecule has 0 N–H and O–H groups in total. The van der Waals surface area contributed by atoms with Crippen LogP contribution in [0.5, 0.6) is 0 Å². The zero-order valence-corrected chi connectivity index (χ0v) is 34.8. The van der Waals surface area contributed by atoms with Crippen LogP contribution in [-0.4, -0.2) is 8.07 Å². The normalized spacial score (nSPS) is 19.7. The van der Waals surface area contributed by atoms with Gasteiger partial charge in [-0.2, -0.15) is 0 Å². The Morgan fingerprint density at radius 2 is 0.750 bits per heavy atom. The minimum atomic E-state index is -3.60. The fraction of sp³-hybridized carbons (Fsp3) is 0.120. The SMILES string of the molecule is C[Si]1(C)C2=C(c3cccc4ccc5ccccc5c34)[CH](c3ccccc32)[Hf]([CH3])([CH3])[CH]2C(c3cccc4ccc5ccccc5c34)=C1c1ccccc12. The maximum absolute atomic E-state index is 3.60. The Morgan fingerprint density at radius 1 is 0.385 bits per heavy atom. The van der Waals surface area contributed by atoms with Crippen molar-refractivity contribution in [2.75, 3.05) is 0 Å². The summed E-state index contributed by atoms with van der Waals surface area (Å²) in [5.74, 6) is 0. The molecule has 8 aromatic rings. The van der Waals surface area contributed by atoms with E-state index in [1.165, 1.54) is 65.3 Å². The van der Waals surface area contributed by atoms with Crippen LogP contribution in [0.4, 0.5) is 0 Å². The zero-order chi connectivity index (χ0) is 34.9. The summed E-state index contributed by atoms with van der Waals surface area (Å²) in [7, 11) is -2.42. The minimum absolute atomic E-state index is 0.439. The van der Waals surface area contributed by atoms with Gasteiger partial charge >= 0.3 is 314 Å². The topological polar surface area (TPSA) is 0 Å². The standard InChI is InChI=1S/C48H34Si.2CH3.Hf/c1-49(2,47-39-21-9-5-15-35(39)29-43(47)41-23-11-17-33-27-25-31-13-3-7-19-37(31)45(33)41)48-40-22-10-6-16-36(40)30-44(48)42-24-12-18-34-28-26-32-14-4-8-20-38(32)46(34)42;;;/h3-30H,1-2H3;2*1H3;. The summed E-state index contributed by atoms with van der Waals surface area (Å²) in [4.78, 5) is 0. The number of fused-ring (bicyclic) bond motifs is 14. The summed E-state index contributed by atoms with van der Waals surface area (Å²) in [5.41, 5.74) is 12.6. The van der Waals surface area contributed by atoms with Gasteiger partial charge in [0.25, 0.3) is 0 Å². The fourth-order valence-electron chi connectivity index (χ4n) is 11.2. The van der Waals surface area contributed by atoms with Crippen molar-refractivity contribution in [3.05, 3.63) is 191 Å². The molecule has 4 bridgehead atoms. The summed E-state index contributed by atoms with van der Waals surface area (Å²) in [5, 5.41) is 14.3. The van der Waals surface area contributed by atoms with Gasteiger partial charge < -0.3 is 0 Å². The second-order valence-corrected chi connectivity index (χ2v) is 37.9. The van der Waals surface area contributed by atoms with Crippen LogP contribution in [0.2, 0.25) is 22.5 Å². The molecule has 0 saturated heterocycles. The molecule has 8 aromatic carbocycles. The van der Waals surface area contributed by atoms with E-state index in [0.29, 0.717) is 7.35 Å². The second-order valence-electron chi connectivity index (χ2n) is 16.4. The van der Waals surface area contributed by atoms with E-state index in [2.05, 4.69) is 180 Å². The van der Waals surface area contributed by atoms with Crippen LogP contribution in [0.25, 0.3) is 64.6 Å². The van der Waals surface area contributed by atoms with Gasteiger partial charge in [0.05, 0.1) is 0 Å². The molecule has 52 heavy (non-hydrogen) atoms. The molecule has 0 saturated carbocycles. The van der Waals surface area contributed by atoms with Gasteiger partial charge in [0.1, 0.15) is 0 Å². The molecule has 2 aliphatic carbocycles. The van der Waals surface area contributed by atoms with Gasteiger partial charge in [0.15, 0.2) is 0 Å². The molecule has 0 aromatic heterocycles. The monoisotopic (exact) mass is 848 g/mol. The first-order valence-corrected chi connectivity index (χ1v) is 33.2. The van der Waals surface area contributed by atoms with E-state index in [1.807, 2.05) is 0 Å². The van der Waals surface area contributed by atoms with Gasteiger partial charge in [-0.05, 0) is 0 Å². The second kappa shape index (κ2) is 10.9. The summed E-state index contributed by atoms with van der Waals surface area (Å²) in [6.07, 6.45) is 0. The molecule has 0 amide bonds. The molecule has 2 atom stereocenters. The molecule has 3 aliphatic rings. The third-order valence-electron chi connectivity index (χ3n) is 13.1. The van der Waals surface area contributed by atoms with Crippen molar-refractivity contribution in [1.82, 2.24) is 0 Å². The van der Waals surface area contributed by atoms with Crippen LogP contribution < -0.4 is 0 Å². The van der Waals surface area contributed by atoms with Gasteiger partial charge in [-0.1, -0.05) is 0 Å². The number of benzene rings is 8. The Hall–Kier alpha value is -4.63. The fourth-order valence-corrected chi connectivity index (χ4v) is 32.4. The third kappa shape index (κ3) is 4.00. The molecule has 0 spiro atoms. The summed E-state index contributed by atoms with van der Waals surface area (Å²) in [6.45, 7) is 5.38. The van der Waals surface area contributed by atoms with Crippen molar-refractivity contribution in [3.8, 4) is 0 Å². The van der Waals surface area contributed by atoms with E-state index in [1.54, 1.807) is 32.7 Å². The van der Waals surface area contributed by atoms with Crippen LogP contribution in [-0.2, 0) is 20.0 Å². The van der Waals surface area contributed by atoms with Crippen LogP contribution in [0, 0.1) is 0 Å². The average molecular weight is 847 g/mol. The van der Waals surface area contributed by atoms with Gasteiger partial charge in [0.2, 0.25) is 0 Å². The van der Waals surface area contributed by atoms with E-state index >= 15 is 0 Å². The molecule has 1 aliphatic heterocycles. The Kier molecular flexibility index (Phi) is 6.51. The average Bonchev–Trinajstić information content (AvgIpc) is 3.74. The third-order valence-corrected chi connectivity index (χ3v) is 31.6. The summed E-state index contributed by atoms with van der Waals surface area (Å²) >= 11 is -3.60. The Balaban J connectivity index is 1.33. The number of rotatable bonds is 2. The molecular weight excluding hydrogens is 807 g/mol. The van der Waals surface area contributed by atoms with Crippen LogP contribution in [0.3, 0.4) is 0 Å². The summed E-state index contributed by atoms with van der Waals surface area (Å²) in [6, 6.07) is 61.0. The predicted octanol–water partition coefficient (Wildman–Crippen LogP) is 14.0. The Labute approximate surface area is 311 Å². The van der Waals surface area contributed by atoms with Crippen molar-refractivity contribution in [2.24, 2.45) is 0 Å². The van der Waals surface area contributed by atoms with Crippen LogP contribution >= 0.6 is 0 Å². The van der Waals surface area contributed by atoms with Crippen molar-refractivity contribution in [3.63, 3.8) is 0 Å². The molecular formula is C50H40HfSi. The number of allylic oxidation sites excluding steroid dienone is 2. The number of hydrogen-bond acceptors (Lipinski definition) is 0. The van der Waals surface area contributed by atoms with Crippen LogP contribution in [0.1, 0.15) is 40.7 Å². The first-order chi connectivity index (χ1) is 25.4. The van der Waals surface area contributed by atoms with E-state index in [4.69, 9.17) is 0 Å². The van der Waals surface area contributed by atoms with Crippen molar-refractivity contribution in [2.45, 2.75) is 29.8 Å². The first-order valence-electron chi connectivity index (χ1n) is 18.9. The van der Waals surface area contributed by atoms with Gasteiger partial charge in [-0.25, -0.2) is 0 Å². The van der Waals surface area contributed by atoms with Crippen LogP contribution in [0.15, 0.2) is 158 Å². The Bertz CT molecular complexity index is 2730.